The van der Waals surface area contributed by atoms with E-state index in [4.69, 9.17) is 4.74 Å². The molecule has 0 aliphatic carbocycles. The van der Waals surface area contributed by atoms with Gasteiger partial charge in [0.25, 0.3) is 5.97 Å². The molecule has 2 aliphatic rings. The fourth-order valence-corrected chi connectivity index (χ4v) is 3.76. The van der Waals surface area contributed by atoms with Crippen molar-refractivity contribution in [3.8, 4) is 0 Å². The summed E-state index contributed by atoms with van der Waals surface area (Å²) >= 11 is 1.22. The molecule has 1 fully saturated rings. The molecule has 0 unspecified atom stereocenters. The van der Waals surface area contributed by atoms with Gasteiger partial charge in [-0.1, -0.05) is 11.8 Å². The predicted octanol–water partition coefficient (Wildman–Crippen LogP) is 0.341. The third-order valence-corrected chi connectivity index (χ3v) is 5.11. The topological polar surface area (TPSA) is 93.0 Å². The Balaban J connectivity index is 2.14. The smallest absolute Gasteiger partial charge is 0.292 e. The highest BCUT2D eigenvalue weighted by Gasteiger charge is 2.51. The molecule has 5 atom stereocenters. The fourth-order valence-electron chi connectivity index (χ4n) is 2.60. The highest BCUT2D eigenvalue weighted by atomic mass is 32.2. The second kappa shape index (κ2) is 8.84. The first-order chi connectivity index (χ1) is 11.9. The van der Waals surface area contributed by atoms with Crippen molar-refractivity contribution in [1.82, 2.24) is 4.90 Å². The van der Waals surface area contributed by atoms with Crippen LogP contribution in [0.25, 0.3) is 0 Å². The second-order valence-electron chi connectivity index (χ2n) is 5.59. The normalized spacial score (nSPS) is 32.4. The lowest BCUT2D eigenvalue weighted by Gasteiger charge is -2.41. The van der Waals surface area contributed by atoms with Crippen molar-refractivity contribution in [3.63, 3.8) is 0 Å². The van der Waals surface area contributed by atoms with Gasteiger partial charge in [-0.15, -0.1) is 0 Å². The molecular weight excluding hydrogens is 369 g/mol. The number of aliphatic hydroxyl groups excluding tert-OH is 2. The quantitative estimate of drug-likeness (QED) is 0.574. The summed E-state index contributed by atoms with van der Waals surface area (Å²) in [6.45, 7) is -4.33. The number of nitrogens with zero attached hydrogens (tertiary/aromatic N) is 2. The van der Waals surface area contributed by atoms with Crippen LogP contribution >= 0.6 is 11.8 Å². The van der Waals surface area contributed by atoms with E-state index in [2.05, 4.69) is 19.2 Å². The van der Waals surface area contributed by atoms with Crippen molar-refractivity contribution in [2.45, 2.75) is 42.2 Å². The summed E-state index contributed by atoms with van der Waals surface area (Å²) in [5, 5.41) is 21.1. The Hall–Kier alpha value is -0.630. The fraction of sp³-hybridized carbons (Fsp3) is 0.923. The van der Waals surface area contributed by atoms with Crippen molar-refractivity contribution in [2.24, 2.45) is 4.99 Å². The van der Waals surface area contributed by atoms with E-state index in [-0.39, 0.29) is 0 Å². The summed E-state index contributed by atoms with van der Waals surface area (Å²) in [4.78, 5) is 6.00. The average Bonchev–Trinajstić information content (AvgIpc) is 2.97. The van der Waals surface area contributed by atoms with Gasteiger partial charge in [-0.05, 0) is 0 Å². The number of aliphatic imine (C=N–C) groups is 1. The lowest BCUT2D eigenvalue weighted by molar-refractivity contribution is -0.416. The molecule has 0 spiro atoms. The molecule has 146 valence electrons. The Morgan fingerprint density at radius 3 is 2.16 bits per heavy atom. The highest BCUT2D eigenvalue weighted by Crippen LogP contribution is 2.39. The summed E-state index contributed by atoms with van der Waals surface area (Å²) in [6.07, 6.45) is -4.52. The minimum Gasteiger partial charge on any atom is -0.388 e. The number of rotatable bonds is 8. The molecule has 0 aromatic heterocycles. The van der Waals surface area contributed by atoms with E-state index in [1.807, 2.05) is 0 Å². The molecule has 8 nitrogen and oxygen atoms in total. The van der Waals surface area contributed by atoms with Gasteiger partial charge in [-0.3, -0.25) is 19.2 Å². The highest BCUT2D eigenvalue weighted by molar-refractivity contribution is 8.14. The molecular formula is C13H21F3N2O6S. The van der Waals surface area contributed by atoms with E-state index >= 15 is 0 Å². The number of fused-ring (bicyclic) bond motifs is 1. The summed E-state index contributed by atoms with van der Waals surface area (Å²) in [5.74, 6) is -2.43. The number of ether oxygens (including phenoxy) is 4. The maximum Gasteiger partial charge on any atom is 0.292 e. The Bertz CT molecular complexity index is 458. The number of hydrogen-bond donors (Lipinski definition) is 2. The van der Waals surface area contributed by atoms with Gasteiger partial charge in [0.2, 0.25) is 0 Å². The summed E-state index contributed by atoms with van der Waals surface area (Å²) < 4.78 is 57.2. The number of halogens is 3. The van der Waals surface area contributed by atoms with E-state index in [1.54, 1.807) is 19.0 Å². The van der Waals surface area contributed by atoms with Crippen molar-refractivity contribution < 1.29 is 42.3 Å². The van der Waals surface area contributed by atoms with E-state index in [0.29, 0.717) is 5.17 Å². The number of amidine groups is 1. The average molecular weight is 390 g/mol. The Kier molecular flexibility index (Phi) is 7.31. The van der Waals surface area contributed by atoms with Crippen molar-refractivity contribution in [2.75, 3.05) is 34.7 Å². The third-order valence-electron chi connectivity index (χ3n) is 3.81. The maximum atomic E-state index is 12.6. The minimum absolute atomic E-state index is 0.565. The van der Waals surface area contributed by atoms with Gasteiger partial charge in [0.05, 0.1) is 12.5 Å². The zero-order chi connectivity index (χ0) is 18.6. The lowest BCUT2D eigenvalue weighted by Crippen LogP contribution is -2.57. The molecule has 0 aromatic rings. The first-order valence-electron chi connectivity index (χ1n) is 7.40. The number of alkyl halides is 3. The molecule has 2 aliphatic heterocycles. The van der Waals surface area contributed by atoms with Gasteiger partial charge in [0.15, 0.2) is 25.7 Å². The van der Waals surface area contributed by atoms with Crippen LogP contribution in [0, 0.1) is 0 Å². The molecule has 0 radical (unpaired) electrons. The van der Waals surface area contributed by atoms with Gasteiger partial charge in [-0.2, -0.15) is 0 Å². The Labute approximate surface area is 146 Å². The van der Waals surface area contributed by atoms with Crippen LogP contribution < -0.4 is 0 Å². The molecule has 0 bridgehead atoms. The van der Waals surface area contributed by atoms with Crippen LogP contribution in [-0.4, -0.2) is 90.7 Å². The van der Waals surface area contributed by atoms with Crippen molar-refractivity contribution >= 4 is 16.9 Å². The van der Waals surface area contributed by atoms with Crippen LogP contribution in [0.1, 0.15) is 6.42 Å². The van der Waals surface area contributed by atoms with Crippen LogP contribution in [0.4, 0.5) is 13.2 Å². The number of hydrogen-bond acceptors (Lipinski definition) is 9. The predicted molar refractivity (Wildman–Crippen MR) is 81.7 cm³/mol. The van der Waals surface area contributed by atoms with Crippen LogP contribution in [0.5, 0.6) is 0 Å². The van der Waals surface area contributed by atoms with E-state index in [9.17, 15) is 23.4 Å². The van der Waals surface area contributed by atoms with Gasteiger partial charge < -0.3 is 19.8 Å². The SMILES string of the molecule is CN(C)C1=N[C@@H]2[C@@H](O)[C@H](O)[C@H](CC(OCF)(OCF)OCF)O[C@@H]2S1. The molecule has 0 aromatic carbocycles. The van der Waals surface area contributed by atoms with E-state index < -0.39 is 62.8 Å². The molecule has 25 heavy (non-hydrogen) atoms. The molecule has 2 N–H and O–H groups in total. The van der Waals surface area contributed by atoms with Gasteiger partial charge in [0.1, 0.15) is 23.7 Å². The molecule has 0 amide bonds. The van der Waals surface area contributed by atoms with E-state index in [1.165, 1.54) is 11.8 Å². The minimum atomic E-state index is -2.43. The van der Waals surface area contributed by atoms with Crippen LogP contribution in [0.15, 0.2) is 4.99 Å². The van der Waals surface area contributed by atoms with Crippen LogP contribution in [0.3, 0.4) is 0 Å². The lowest BCUT2D eigenvalue weighted by atomic mass is 9.95. The molecule has 12 heteroatoms. The Morgan fingerprint density at radius 1 is 1.12 bits per heavy atom. The third kappa shape index (κ3) is 4.56. The molecule has 0 saturated carbocycles. The van der Waals surface area contributed by atoms with Gasteiger partial charge >= 0.3 is 0 Å². The van der Waals surface area contributed by atoms with Crippen LogP contribution in [-0.2, 0) is 18.9 Å². The first kappa shape index (κ1) is 20.7. The zero-order valence-electron chi connectivity index (χ0n) is 13.7. The first-order valence-corrected chi connectivity index (χ1v) is 8.28. The molecule has 2 rings (SSSR count). The standard InChI is InChI=1S/C13H21F3N2O6S/c1-18(2)12-17-8-10(20)9(19)7(24-11(8)25-12)3-13(21-4-14,22-5-15)23-6-16/h7-11,19-20H,3-6H2,1-2H3/t7-,8+,9+,10+,11+/m0/s1. The summed E-state index contributed by atoms with van der Waals surface area (Å²) in [7, 11) is 3.52. The largest absolute Gasteiger partial charge is 0.388 e. The van der Waals surface area contributed by atoms with Gasteiger partial charge in [-0.25, -0.2) is 13.2 Å². The number of aliphatic hydroxyl groups is 2. The maximum absolute atomic E-state index is 12.6. The monoisotopic (exact) mass is 390 g/mol. The summed E-state index contributed by atoms with van der Waals surface area (Å²) in [6, 6.07) is -0.714. The second-order valence-corrected chi connectivity index (χ2v) is 6.65. The van der Waals surface area contributed by atoms with E-state index in [0.717, 1.165) is 0 Å². The molecule has 2 heterocycles. The van der Waals surface area contributed by atoms with Crippen LogP contribution in [0.2, 0.25) is 0 Å². The summed E-state index contributed by atoms with van der Waals surface area (Å²) in [5.41, 5.74) is -0.639. The zero-order valence-corrected chi connectivity index (χ0v) is 14.5. The van der Waals surface area contributed by atoms with Gasteiger partial charge in [0, 0.05) is 14.1 Å². The number of thioether (sulfide) groups is 1. The van der Waals surface area contributed by atoms with Crippen molar-refractivity contribution in [1.29, 1.82) is 0 Å². The Morgan fingerprint density at radius 2 is 1.68 bits per heavy atom. The molecule has 1 saturated heterocycles. The van der Waals surface area contributed by atoms with Crippen molar-refractivity contribution in [3.05, 3.63) is 0 Å².